The molecule has 0 bridgehead atoms. The topological polar surface area (TPSA) is 9.23 Å². The Balaban J connectivity index is 2.31. The van der Waals surface area contributed by atoms with Gasteiger partial charge >= 0.3 is 0 Å². The molecule has 94 valence electrons. The van der Waals surface area contributed by atoms with E-state index in [-0.39, 0.29) is 4.83 Å². The van der Waals surface area contributed by atoms with Crippen LogP contribution in [-0.2, 0) is 0 Å². The van der Waals surface area contributed by atoms with E-state index >= 15 is 0 Å². The van der Waals surface area contributed by atoms with E-state index in [4.69, 9.17) is 16.3 Å². The summed E-state index contributed by atoms with van der Waals surface area (Å²) in [5.74, 6) is 0.867. The van der Waals surface area contributed by atoms with Gasteiger partial charge in [-0.05, 0) is 47.9 Å². The molecule has 1 nitrogen and oxygen atoms in total. The standard InChI is InChI=1S/C15H14BrClO/c1-10-9-12(17)5-8-14(10)15(16)11-3-6-13(18-2)7-4-11/h3-9,15H,1-2H3. The summed E-state index contributed by atoms with van der Waals surface area (Å²) in [5.41, 5.74) is 3.60. The Kier molecular flexibility index (Phi) is 4.31. The molecule has 0 saturated heterocycles. The molecule has 0 fully saturated rings. The SMILES string of the molecule is COc1ccc(C(Br)c2ccc(Cl)cc2C)cc1. The summed E-state index contributed by atoms with van der Waals surface area (Å²) in [7, 11) is 1.67. The Morgan fingerprint density at radius 2 is 1.78 bits per heavy atom. The molecule has 0 N–H and O–H groups in total. The van der Waals surface area contributed by atoms with Crippen LogP contribution >= 0.6 is 27.5 Å². The maximum atomic E-state index is 5.98. The van der Waals surface area contributed by atoms with E-state index in [1.165, 1.54) is 16.7 Å². The summed E-state index contributed by atoms with van der Waals surface area (Å²) in [6, 6.07) is 14.0. The van der Waals surface area contributed by atoms with Crippen molar-refractivity contribution >= 4 is 27.5 Å². The molecule has 0 aromatic heterocycles. The number of methoxy groups -OCH3 is 1. The highest BCUT2D eigenvalue weighted by Crippen LogP contribution is 2.34. The van der Waals surface area contributed by atoms with E-state index in [9.17, 15) is 0 Å². The Morgan fingerprint density at radius 1 is 1.11 bits per heavy atom. The molecule has 0 aliphatic heterocycles. The van der Waals surface area contributed by atoms with E-state index in [1.807, 2.05) is 24.3 Å². The number of rotatable bonds is 3. The van der Waals surface area contributed by atoms with Crippen molar-refractivity contribution < 1.29 is 4.74 Å². The predicted molar refractivity (Wildman–Crippen MR) is 80.0 cm³/mol. The molecular weight excluding hydrogens is 312 g/mol. The minimum atomic E-state index is 0.167. The van der Waals surface area contributed by atoms with Crippen molar-refractivity contribution in [2.24, 2.45) is 0 Å². The molecule has 1 atom stereocenters. The number of halogens is 2. The highest BCUT2D eigenvalue weighted by molar-refractivity contribution is 9.09. The van der Waals surface area contributed by atoms with Gasteiger partial charge in [0.2, 0.25) is 0 Å². The van der Waals surface area contributed by atoms with Crippen molar-refractivity contribution in [2.45, 2.75) is 11.8 Å². The van der Waals surface area contributed by atoms with Crippen molar-refractivity contribution in [2.75, 3.05) is 7.11 Å². The third-order valence-corrected chi connectivity index (χ3v) is 4.17. The fourth-order valence-corrected chi connectivity index (χ4v) is 2.92. The van der Waals surface area contributed by atoms with Gasteiger partial charge in [-0.25, -0.2) is 0 Å². The molecule has 0 radical (unpaired) electrons. The van der Waals surface area contributed by atoms with Gasteiger partial charge in [-0.15, -0.1) is 0 Å². The quantitative estimate of drug-likeness (QED) is 0.710. The van der Waals surface area contributed by atoms with E-state index in [0.29, 0.717) is 0 Å². The summed E-state index contributed by atoms with van der Waals surface area (Å²) in [6.45, 7) is 2.07. The number of aryl methyl sites for hydroxylation is 1. The van der Waals surface area contributed by atoms with Gasteiger partial charge < -0.3 is 4.74 Å². The molecule has 18 heavy (non-hydrogen) atoms. The van der Waals surface area contributed by atoms with Crippen LogP contribution in [0.15, 0.2) is 42.5 Å². The van der Waals surface area contributed by atoms with Crippen LogP contribution in [0.5, 0.6) is 5.75 Å². The fraction of sp³-hybridized carbons (Fsp3) is 0.200. The Hall–Kier alpha value is -0.990. The summed E-state index contributed by atoms with van der Waals surface area (Å²) in [4.78, 5) is 0.167. The normalized spacial score (nSPS) is 12.2. The lowest BCUT2D eigenvalue weighted by molar-refractivity contribution is 0.414. The summed E-state index contributed by atoms with van der Waals surface area (Å²) in [6.07, 6.45) is 0. The largest absolute Gasteiger partial charge is 0.497 e. The van der Waals surface area contributed by atoms with Crippen LogP contribution in [0.2, 0.25) is 5.02 Å². The molecule has 2 aromatic rings. The molecule has 0 spiro atoms. The average molecular weight is 326 g/mol. The van der Waals surface area contributed by atoms with Crippen molar-refractivity contribution in [1.82, 2.24) is 0 Å². The molecule has 0 heterocycles. The Labute approximate surface area is 121 Å². The van der Waals surface area contributed by atoms with Crippen molar-refractivity contribution in [3.63, 3.8) is 0 Å². The van der Waals surface area contributed by atoms with Gasteiger partial charge in [0, 0.05) is 5.02 Å². The lowest BCUT2D eigenvalue weighted by Crippen LogP contribution is -1.96. The number of benzene rings is 2. The second-order valence-electron chi connectivity index (χ2n) is 4.14. The lowest BCUT2D eigenvalue weighted by atomic mass is 10.0. The smallest absolute Gasteiger partial charge is 0.118 e. The van der Waals surface area contributed by atoms with E-state index in [2.05, 4.69) is 41.1 Å². The van der Waals surface area contributed by atoms with E-state index in [0.717, 1.165) is 10.8 Å². The van der Waals surface area contributed by atoms with Crippen LogP contribution in [0.25, 0.3) is 0 Å². The number of hydrogen-bond acceptors (Lipinski definition) is 1. The lowest BCUT2D eigenvalue weighted by Gasteiger charge is -2.14. The van der Waals surface area contributed by atoms with E-state index in [1.54, 1.807) is 7.11 Å². The number of alkyl halides is 1. The highest BCUT2D eigenvalue weighted by Gasteiger charge is 2.12. The minimum absolute atomic E-state index is 0.167. The average Bonchev–Trinajstić information content (AvgIpc) is 2.38. The number of ether oxygens (including phenoxy) is 1. The first-order chi connectivity index (χ1) is 8.61. The Morgan fingerprint density at radius 3 is 2.33 bits per heavy atom. The zero-order valence-corrected chi connectivity index (χ0v) is 12.6. The summed E-state index contributed by atoms with van der Waals surface area (Å²) >= 11 is 9.71. The van der Waals surface area contributed by atoms with Gasteiger partial charge in [-0.1, -0.05) is 45.7 Å². The predicted octanol–water partition coefficient (Wildman–Crippen LogP) is 5.14. The van der Waals surface area contributed by atoms with Gasteiger partial charge in [0.15, 0.2) is 0 Å². The molecule has 2 aromatic carbocycles. The third kappa shape index (κ3) is 2.88. The van der Waals surface area contributed by atoms with Crippen molar-refractivity contribution in [3.05, 3.63) is 64.2 Å². The first-order valence-corrected chi connectivity index (χ1v) is 6.95. The number of hydrogen-bond donors (Lipinski definition) is 0. The van der Waals surface area contributed by atoms with Crippen molar-refractivity contribution in [3.8, 4) is 5.75 Å². The van der Waals surface area contributed by atoms with Gasteiger partial charge in [-0.2, -0.15) is 0 Å². The Bertz CT molecular complexity index is 537. The second-order valence-corrected chi connectivity index (χ2v) is 5.49. The molecular formula is C15H14BrClO. The molecule has 3 heteroatoms. The van der Waals surface area contributed by atoms with E-state index < -0.39 is 0 Å². The van der Waals surface area contributed by atoms with Crippen LogP contribution in [-0.4, -0.2) is 7.11 Å². The highest BCUT2D eigenvalue weighted by atomic mass is 79.9. The zero-order chi connectivity index (χ0) is 13.1. The van der Waals surface area contributed by atoms with Crippen LogP contribution in [0, 0.1) is 6.92 Å². The first kappa shape index (κ1) is 13.4. The van der Waals surface area contributed by atoms with Crippen LogP contribution < -0.4 is 4.74 Å². The van der Waals surface area contributed by atoms with Crippen LogP contribution in [0.3, 0.4) is 0 Å². The third-order valence-electron chi connectivity index (χ3n) is 2.91. The zero-order valence-electron chi connectivity index (χ0n) is 10.3. The van der Waals surface area contributed by atoms with Gasteiger partial charge in [0.05, 0.1) is 11.9 Å². The summed E-state index contributed by atoms with van der Waals surface area (Å²) < 4.78 is 5.16. The minimum Gasteiger partial charge on any atom is -0.497 e. The molecule has 2 rings (SSSR count). The molecule has 0 aliphatic carbocycles. The molecule has 0 saturated carbocycles. The van der Waals surface area contributed by atoms with Crippen LogP contribution in [0.1, 0.15) is 21.5 Å². The molecule has 0 aliphatic rings. The monoisotopic (exact) mass is 324 g/mol. The molecule has 0 amide bonds. The maximum absolute atomic E-state index is 5.98. The van der Waals surface area contributed by atoms with Gasteiger partial charge in [0.25, 0.3) is 0 Å². The fourth-order valence-electron chi connectivity index (χ4n) is 1.88. The second kappa shape index (κ2) is 5.77. The maximum Gasteiger partial charge on any atom is 0.118 e. The van der Waals surface area contributed by atoms with Gasteiger partial charge in [0.1, 0.15) is 5.75 Å². The van der Waals surface area contributed by atoms with Crippen molar-refractivity contribution in [1.29, 1.82) is 0 Å². The van der Waals surface area contributed by atoms with Crippen LogP contribution in [0.4, 0.5) is 0 Å². The summed E-state index contributed by atoms with van der Waals surface area (Å²) in [5, 5.41) is 0.769. The first-order valence-electron chi connectivity index (χ1n) is 5.66. The molecule has 1 unspecified atom stereocenters. The van der Waals surface area contributed by atoms with Gasteiger partial charge in [-0.3, -0.25) is 0 Å².